The molecule has 0 unspecified atom stereocenters. The highest BCUT2D eigenvalue weighted by Crippen LogP contribution is 2.42. The first kappa shape index (κ1) is 24.7. The summed E-state index contributed by atoms with van der Waals surface area (Å²) in [7, 11) is 0. The second kappa shape index (κ2) is 8.37. The van der Waals surface area contributed by atoms with Crippen molar-refractivity contribution in [3.63, 3.8) is 0 Å². The number of carbonyl (C=O) groups excluding carboxylic acids is 1. The molecule has 0 bridgehead atoms. The van der Waals surface area contributed by atoms with Crippen LogP contribution in [0.25, 0.3) is 10.2 Å². The van der Waals surface area contributed by atoms with Gasteiger partial charge in [-0.05, 0) is 50.0 Å². The third kappa shape index (κ3) is 4.35. The lowest BCUT2D eigenvalue weighted by molar-refractivity contribution is -0.141. The SMILES string of the molecule is Cc1c(Cl)c(C(F)(F)F)nn1CC(=O)Nn1c(C)nc2sc3c(c2c1=O)CC[C@H](C(C)(C)C)C3. The Bertz CT molecular complexity index is 1350. The predicted octanol–water partition coefficient (Wildman–Crippen LogP) is 4.86. The zero-order valence-corrected chi connectivity index (χ0v) is 21.0. The molecular formula is C22H25ClF3N5O2S. The van der Waals surface area contributed by atoms with Gasteiger partial charge < -0.3 is 0 Å². The van der Waals surface area contributed by atoms with Crippen molar-refractivity contribution < 1.29 is 18.0 Å². The first-order valence-electron chi connectivity index (χ1n) is 10.8. The summed E-state index contributed by atoms with van der Waals surface area (Å²) in [6.45, 7) is 9.04. The molecule has 3 heterocycles. The van der Waals surface area contributed by atoms with Crippen molar-refractivity contribution in [2.75, 3.05) is 5.43 Å². The number of nitrogens with one attached hydrogen (secondary N) is 1. The zero-order valence-electron chi connectivity index (χ0n) is 19.4. The van der Waals surface area contributed by atoms with Gasteiger partial charge in [-0.1, -0.05) is 32.4 Å². The molecule has 1 atom stereocenters. The fraction of sp³-hybridized carbons (Fsp3) is 0.545. The quantitative estimate of drug-likeness (QED) is 0.540. The number of nitrogens with zero attached hydrogens (tertiary/aromatic N) is 4. The van der Waals surface area contributed by atoms with Gasteiger partial charge in [0.05, 0.1) is 16.1 Å². The van der Waals surface area contributed by atoms with Crippen LogP contribution in [0.4, 0.5) is 13.2 Å². The number of halogens is 4. The average Bonchev–Trinajstić information content (AvgIpc) is 3.21. The van der Waals surface area contributed by atoms with E-state index in [1.165, 1.54) is 18.3 Å². The maximum atomic E-state index is 13.3. The number of thiophene rings is 1. The number of aryl methyl sites for hydroxylation is 2. The number of rotatable bonds is 3. The van der Waals surface area contributed by atoms with Crippen LogP contribution in [0.2, 0.25) is 5.02 Å². The van der Waals surface area contributed by atoms with E-state index in [0.717, 1.165) is 39.1 Å². The van der Waals surface area contributed by atoms with E-state index in [1.807, 2.05) is 0 Å². The van der Waals surface area contributed by atoms with Crippen molar-refractivity contribution in [2.45, 2.75) is 66.6 Å². The third-order valence-electron chi connectivity index (χ3n) is 6.41. The average molecular weight is 516 g/mol. The highest BCUT2D eigenvalue weighted by molar-refractivity contribution is 7.18. The summed E-state index contributed by atoms with van der Waals surface area (Å²) in [5.41, 5.74) is 1.95. The lowest BCUT2D eigenvalue weighted by atomic mass is 9.72. The molecule has 0 fully saturated rings. The third-order valence-corrected chi connectivity index (χ3v) is 8.01. The molecule has 1 amide bonds. The highest BCUT2D eigenvalue weighted by Gasteiger charge is 2.38. The largest absolute Gasteiger partial charge is 0.436 e. The van der Waals surface area contributed by atoms with E-state index in [-0.39, 0.29) is 16.9 Å². The molecule has 0 aromatic carbocycles. The summed E-state index contributed by atoms with van der Waals surface area (Å²) in [5, 5.41) is 3.37. The van der Waals surface area contributed by atoms with Gasteiger partial charge in [0.2, 0.25) is 0 Å². The van der Waals surface area contributed by atoms with Gasteiger partial charge in [0.1, 0.15) is 17.2 Å². The van der Waals surface area contributed by atoms with Gasteiger partial charge in [-0.15, -0.1) is 11.3 Å². The van der Waals surface area contributed by atoms with Gasteiger partial charge in [0.15, 0.2) is 5.69 Å². The Balaban J connectivity index is 1.64. The number of fused-ring (bicyclic) bond motifs is 3. The Morgan fingerprint density at radius 1 is 1.26 bits per heavy atom. The number of alkyl halides is 3. The number of carbonyl (C=O) groups is 1. The Morgan fingerprint density at radius 2 is 1.94 bits per heavy atom. The van der Waals surface area contributed by atoms with Gasteiger partial charge in [0, 0.05) is 4.88 Å². The van der Waals surface area contributed by atoms with E-state index in [2.05, 4.69) is 36.3 Å². The normalized spacial score (nSPS) is 16.7. The summed E-state index contributed by atoms with van der Waals surface area (Å²) < 4.78 is 41.1. The molecule has 0 saturated carbocycles. The van der Waals surface area contributed by atoms with Gasteiger partial charge in [-0.2, -0.15) is 18.3 Å². The molecule has 7 nitrogen and oxygen atoms in total. The zero-order chi connectivity index (χ0) is 25.2. The second-order valence-corrected chi connectivity index (χ2v) is 11.2. The van der Waals surface area contributed by atoms with Gasteiger partial charge in [-0.25, -0.2) is 9.66 Å². The summed E-state index contributed by atoms with van der Waals surface area (Å²) in [5.74, 6) is 0.0593. The number of hydrogen-bond donors (Lipinski definition) is 1. The molecule has 0 radical (unpaired) electrons. The summed E-state index contributed by atoms with van der Waals surface area (Å²) in [6, 6.07) is 0. The summed E-state index contributed by atoms with van der Waals surface area (Å²) in [4.78, 5) is 32.3. The molecule has 0 spiro atoms. The van der Waals surface area contributed by atoms with Crippen molar-refractivity contribution in [2.24, 2.45) is 11.3 Å². The molecule has 12 heteroatoms. The van der Waals surface area contributed by atoms with Crippen LogP contribution in [0, 0.1) is 25.2 Å². The summed E-state index contributed by atoms with van der Waals surface area (Å²) in [6.07, 6.45) is -2.14. The maximum absolute atomic E-state index is 13.3. The van der Waals surface area contributed by atoms with Gasteiger partial charge in [0.25, 0.3) is 11.5 Å². The highest BCUT2D eigenvalue weighted by atomic mass is 35.5. The Hall–Kier alpha value is -2.40. The molecule has 1 aliphatic rings. The standard InChI is InChI=1S/C22H25ClF3N5O2S/c1-10-17(23)18(22(24,25)26)29-30(10)9-15(32)28-31-11(2)27-19-16(20(31)33)13-7-6-12(21(3,4)5)8-14(13)34-19/h12H,6-9H2,1-5H3,(H,28,32)/t12-/m0/s1. The van der Waals surface area contributed by atoms with Crippen LogP contribution in [-0.2, 0) is 30.4 Å². The Kier molecular flexibility index (Phi) is 6.08. The first-order valence-corrected chi connectivity index (χ1v) is 12.0. The lowest BCUT2D eigenvalue weighted by Crippen LogP contribution is -2.37. The van der Waals surface area contributed by atoms with E-state index in [1.54, 1.807) is 6.92 Å². The smallest absolute Gasteiger partial charge is 0.271 e. The molecule has 184 valence electrons. The van der Waals surface area contributed by atoms with Crippen LogP contribution >= 0.6 is 22.9 Å². The molecule has 0 saturated heterocycles. The number of hydrogen-bond acceptors (Lipinski definition) is 5. The molecule has 4 rings (SSSR count). The van der Waals surface area contributed by atoms with E-state index in [9.17, 15) is 22.8 Å². The minimum Gasteiger partial charge on any atom is -0.271 e. The fourth-order valence-corrected chi connectivity index (χ4v) is 5.93. The molecule has 1 N–H and O–H groups in total. The van der Waals surface area contributed by atoms with Crippen LogP contribution in [0.15, 0.2) is 4.79 Å². The minimum atomic E-state index is -4.74. The van der Waals surface area contributed by atoms with Crippen LogP contribution in [0.3, 0.4) is 0 Å². The van der Waals surface area contributed by atoms with Crippen molar-refractivity contribution in [1.82, 2.24) is 19.4 Å². The first-order chi connectivity index (χ1) is 15.7. The lowest BCUT2D eigenvalue weighted by Gasteiger charge is -2.33. The Morgan fingerprint density at radius 3 is 2.53 bits per heavy atom. The second-order valence-electron chi connectivity index (χ2n) is 9.73. The predicted molar refractivity (Wildman–Crippen MR) is 125 cm³/mol. The number of aromatic nitrogens is 4. The van der Waals surface area contributed by atoms with E-state index in [4.69, 9.17) is 11.6 Å². The van der Waals surface area contributed by atoms with Crippen molar-refractivity contribution in [3.8, 4) is 0 Å². The van der Waals surface area contributed by atoms with E-state index >= 15 is 0 Å². The van der Waals surface area contributed by atoms with Crippen LogP contribution in [-0.4, -0.2) is 25.3 Å². The van der Waals surface area contributed by atoms with Gasteiger partial charge in [-0.3, -0.25) is 19.7 Å². The van der Waals surface area contributed by atoms with E-state index in [0.29, 0.717) is 16.1 Å². The number of amides is 1. The van der Waals surface area contributed by atoms with Crippen molar-refractivity contribution in [1.29, 1.82) is 0 Å². The van der Waals surface area contributed by atoms with Crippen LogP contribution in [0.5, 0.6) is 0 Å². The molecule has 3 aromatic heterocycles. The van der Waals surface area contributed by atoms with Crippen molar-refractivity contribution >= 4 is 39.1 Å². The summed E-state index contributed by atoms with van der Waals surface area (Å²) >= 11 is 7.27. The Labute approximate surface area is 202 Å². The van der Waals surface area contributed by atoms with Crippen LogP contribution < -0.4 is 11.0 Å². The molecular weight excluding hydrogens is 491 g/mol. The van der Waals surface area contributed by atoms with Gasteiger partial charge >= 0.3 is 6.18 Å². The minimum absolute atomic E-state index is 0.00194. The molecule has 1 aliphatic carbocycles. The molecule has 3 aromatic rings. The monoisotopic (exact) mass is 515 g/mol. The fourth-order valence-electron chi connectivity index (χ4n) is 4.35. The molecule has 34 heavy (non-hydrogen) atoms. The maximum Gasteiger partial charge on any atom is 0.436 e. The van der Waals surface area contributed by atoms with E-state index < -0.39 is 34.9 Å². The van der Waals surface area contributed by atoms with Crippen LogP contribution in [0.1, 0.15) is 54.8 Å². The van der Waals surface area contributed by atoms with Crippen molar-refractivity contribution in [3.05, 3.63) is 43.0 Å². The molecule has 0 aliphatic heterocycles. The topological polar surface area (TPSA) is 81.8 Å².